The minimum absolute atomic E-state index is 0.0367. The molecule has 0 aromatic heterocycles. The number of amides is 2. The highest BCUT2D eigenvalue weighted by molar-refractivity contribution is 5.96. The second-order valence-corrected chi connectivity index (χ2v) is 6.40. The number of carbonyl (C=O) groups is 2. The molecule has 1 saturated heterocycles. The van der Waals surface area contributed by atoms with Crippen molar-refractivity contribution in [2.75, 3.05) is 25.5 Å². The Balaban J connectivity index is 1.51. The van der Waals surface area contributed by atoms with Crippen LogP contribution in [0.5, 0.6) is 0 Å². The molecule has 0 bridgehead atoms. The standard InChI is InChI=1S/C18H24N2O3/c1-23-15-8-10-20(11-9-15)17(21)7-6-14-12-13-4-2-3-5-16(13)19-18(14)22/h2-5,14-15H,6-12H2,1H3,(H,19,22). The fourth-order valence-corrected chi connectivity index (χ4v) is 3.44. The van der Waals surface area contributed by atoms with Crippen molar-refractivity contribution in [3.8, 4) is 0 Å². The first-order valence-corrected chi connectivity index (χ1v) is 8.36. The first-order chi connectivity index (χ1) is 11.2. The molecule has 1 N–H and O–H groups in total. The SMILES string of the molecule is COC1CCN(C(=O)CCC2Cc3ccccc3NC2=O)CC1. The fourth-order valence-electron chi connectivity index (χ4n) is 3.44. The number of methoxy groups -OCH3 is 1. The highest BCUT2D eigenvalue weighted by Crippen LogP contribution is 2.27. The molecule has 0 radical (unpaired) electrons. The predicted octanol–water partition coefficient (Wildman–Crippen LogP) is 2.21. The second-order valence-electron chi connectivity index (χ2n) is 6.40. The summed E-state index contributed by atoms with van der Waals surface area (Å²) in [6, 6.07) is 7.87. The molecule has 5 nitrogen and oxygen atoms in total. The van der Waals surface area contributed by atoms with Crippen molar-refractivity contribution in [3.05, 3.63) is 29.8 Å². The van der Waals surface area contributed by atoms with E-state index in [1.807, 2.05) is 29.2 Å². The fraction of sp³-hybridized carbons (Fsp3) is 0.556. The van der Waals surface area contributed by atoms with E-state index in [9.17, 15) is 9.59 Å². The van der Waals surface area contributed by atoms with Gasteiger partial charge >= 0.3 is 0 Å². The molecule has 5 heteroatoms. The van der Waals surface area contributed by atoms with Crippen LogP contribution in [-0.4, -0.2) is 43.0 Å². The largest absolute Gasteiger partial charge is 0.381 e. The number of anilines is 1. The van der Waals surface area contributed by atoms with Crippen LogP contribution in [-0.2, 0) is 20.7 Å². The first kappa shape index (κ1) is 16.0. The maximum absolute atomic E-state index is 12.3. The lowest BCUT2D eigenvalue weighted by molar-refractivity contribution is -0.134. The Hall–Kier alpha value is -1.88. The van der Waals surface area contributed by atoms with E-state index >= 15 is 0 Å². The van der Waals surface area contributed by atoms with Gasteiger partial charge in [0, 0.05) is 38.2 Å². The molecule has 0 spiro atoms. The number of ether oxygens (including phenoxy) is 1. The Morgan fingerprint density at radius 3 is 2.78 bits per heavy atom. The molecule has 3 rings (SSSR count). The summed E-state index contributed by atoms with van der Waals surface area (Å²) in [6.45, 7) is 1.52. The zero-order valence-corrected chi connectivity index (χ0v) is 13.6. The van der Waals surface area contributed by atoms with Gasteiger partial charge in [0.25, 0.3) is 0 Å². The van der Waals surface area contributed by atoms with Crippen molar-refractivity contribution >= 4 is 17.5 Å². The smallest absolute Gasteiger partial charge is 0.227 e. The zero-order valence-electron chi connectivity index (χ0n) is 13.6. The van der Waals surface area contributed by atoms with Gasteiger partial charge in [0.1, 0.15) is 0 Å². The number of piperidine rings is 1. The maximum Gasteiger partial charge on any atom is 0.227 e. The summed E-state index contributed by atoms with van der Waals surface area (Å²) >= 11 is 0. The predicted molar refractivity (Wildman–Crippen MR) is 88.1 cm³/mol. The third kappa shape index (κ3) is 3.72. The summed E-state index contributed by atoms with van der Waals surface area (Å²) in [5.41, 5.74) is 2.06. The molecule has 1 aromatic carbocycles. The number of nitrogens with zero attached hydrogens (tertiary/aromatic N) is 1. The molecule has 2 amide bonds. The molecule has 0 aliphatic carbocycles. The molecule has 2 aliphatic rings. The summed E-state index contributed by atoms with van der Waals surface area (Å²) in [5, 5.41) is 2.95. The van der Waals surface area contributed by atoms with Crippen LogP contribution in [0.15, 0.2) is 24.3 Å². The van der Waals surface area contributed by atoms with Crippen molar-refractivity contribution in [3.63, 3.8) is 0 Å². The molecule has 0 saturated carbocycles. The van der Waals surface area contributed by atoms with Gasteiger partial charge in [-0.2, -0.15) is 0 Å². The lowest BCUT2D eigenvalue weighted by Crippen LogP contribution is -2.41. The van der Waals surface area contributed by atoms with Gasteiger partial charge in [-0.15, -0.1) is 0 Å². The molecule has 2 heterocycles. The van der Waals surface area contributed by atoms with Crippen molar-refractivity contribution in [2.24, 2.45) is 5.92 Å². The van der Waals surface area contributed by atoms with E-state index in [-0.39, 0.29) is 23.8 Å². The molecule has 23 heavy (non-hydrogen) atoms. The number of fused-ring (bicyclic) bond motifs is 1. The summed E-state index contributed by atoms with van der Waals surface area (Å²) in [4.78, 5) is 26.4. The summed E-state index contributed by atoms with van der Waals surface area (Å²) < 4.78 is 5.33. The normalized spacial score (nSPS) is 21.7. The molecule has 1 fully saturated rings. The average molecular weight is 316 g/mol. The van der Waals surface area contributed by atoms with Crippen LogP contribution >= 0.6 is 0 Å². The number of carbonyl (C=O) groups excluding carboxylic acids is 2. The van der Waals surface area contributed by atoms with E-state index in [1.54, 1.807) is 7.11 Å². The van der Waals surface area contributed by atoms with Gasteiger partial charge in [0.15, 0.2) is 0 Å². The molecule has 1 aromatic rings. The summed E-state index contributed by atoms with van der Waals surface area (Å²) in [7, 11) is 1.72. The van der Waals surface area contributed by atoms with Crippen LogP contribution in [0.2, 0.25) is 0 Å². The summed E-state index contributed by atoms with van der Waals surface area (Å²) in [6.07, 6.45) is 3.86. The van der Waals surface area contributed by atoms with E-state index in [4.69, 9.17) is 4.74 Å². The van der Waals surface area contributed by atoms with Crippen LogP contribution in [0, 0.1) is 5.92 Å². The van der Waals surface area contributed by atoms with Gasteiger partial charge in [-0.1, -0.05) is 18.2 Å². The van der Waals surface area contributed by atoms with Gasteiger partial charge in [-0.3, -0.25) is 9.59 Å². The monoisotopic (exact) mass is 316 g/mol. The zero-order chi connectivity index (χ0) is 16.2. The Morgan fingerprint density at radius 1 is 1.30 bits per heavy atom. The Bertz CT molecular complexity index is 579. The van der Waals surface area contributed by atoms with Crippen LogP contribution in [0.1, 0.15) is 31.2 Å². The third-order valence-electron chi connectivity index (χ3n) is 4.95. The number of rotatable bonds is 4. The Morgan fingerprint density at radius 2 is 2.04 bits per heavy atom. The topological polar surface area (TPSA) is 58.6 Å². The molecular weight excluding hydrogens is 292 g/mol. The number of nitrogens with one attached hydrogen (secondary N) is 1. The van der Waals surface area contributed by atoms with Crippen molar-refractivity contribution in [1.82, 2.24) is 4.90 Å². The quantitative estimate of drug-likeness (QED) is 0.926. The van der Waals surface area contributed by atoms with E-state index in [1.165, 1.54) is 0 Å². The molecule has 1 unspecified atom stereocenters. The van der Waals surface area contributed by atoms with Crippen molar-refractivity contribution < 1.29 is 14.3 Å². The number of hydrogen-bond donors (Lipinski definition) is 1. The van der Waals surface area contributed by atoms with Crippen LogP contribution in [0.3, 0.4) is 0 Å². The number of para-hydroxylation sites is 1. The van der Waals surface area contributed by atoms with Crippen LogP contribution < -0.4 is 5.32 Å². The van der Waals surface area contributed by atoms with E-state index in [0.29, 0.717) is 12.8 Å². The number of hydrogen-bond acceptors (Lipinski definition) is 3. The summed E-state index contributed by atoms with van der Waals surface area (Å²) in [5.74, 6) is 0.0890. The molecule has 1 atom stereocenters. The first-order valence-electron chi connectivity index (χ1n) is 8.36. The van der Waals surface area contributed by atoms with Gasteiger partial charge in [-0.05, 0) is 37.3 Å². The average Bonchev–Trinajstić information content (AvgIpc) is 2.59. The maximum atomic E-state index is 12.3. The van der Waals surface area contributed by atoms with E-state index in [0.717, 1.165) is 43.6 Å². The van der Waals surface area contributed by atoms with Gasteiger partial charge in [-0.25, -0.2) is 0 Å². The number of likely N-dealkylation sites (tertiary alicyclic amines) is 1. The number of benzene rings is 1. The van der Waals surface area contributed by atoms with Gasteiger partial charge < -0.3 is 15.0 Å². The molecule has 124 valence electrons. The van der Waals surface area contributed by atoms with Crippen molar-refractivity contribution in [2.45, 2.75) is 38.2 Å². The van der Waals surface area contributed by atoms with Gasteiger partial charge in [0.2, 0.25) is 11.8 Å². The highest BCUT2D eigenvalue weighted by atomic mass is 16.5. The van der Waals surface area contributed by atoms with Crippen LogP contribution in [0.25, 0.3) is 0 Å². The Kier molecular flexibility index (Phi) is 4.96. The van der Waals surface area contributed by atoms with Crippen LogP contribution in [0.4, 0.5) is 5.69 Å². The highest BCUT2D eigenvalue weighted by Gasteiger charge is 2.28. The molecule has 2 aliphatic heterocycles. The molecular formula is C18H24N2O3. The Labute approximate surface area is 137 Å². The minimum Gasteiger partial charge on any atom is -0.381 e. The van der Waals surface area contributed by atoms with E-state index in [2.05, 4.69) is 5.32 Å². The lowest BCUT2D eigenvalue weighted by atomic mass is 9.89. The van der Waals surface area contributed by atoms with E-state index < -0.39 is 0 Å². The van der Waals surface area contributed by atoms with Crippen molar-refractivity contribution in [1.29, 1.82) is 0 Å². The lowest BCUT2D eigenvalue weighted by Gasteiger charge is -2.32. The second kappa shape index (κ2) is 7.13. The van der Waals surface area contributed by atoms with Gasteiger partial charge in [0.05, 0.1) is 6.10 Å². The third-order valence-corrected chi connectivity index (χ3v) is 4.95. The minimum atomic E-state index is -0.106.